The Kier molecular flexibility index (Phi) is 11.1. The molecule has 2 aromatic rings. The number of esters is 2. The number of nitrogens with zero attached hydrogens (tertiary/aromatic N) is 4. The Morgan fingerprint density at radius 3 is 2.22 bits per heavy atom. The number of nitrogens with one attached hydrogen (secondary N) is 2. The van der Waals surface area contributed by atoms with E-state index in [4.69, 9.17) is 24.5 Å². The minimum absolute atomic E-state index is 0.0221. The second-order valence-corrected chi connectivity index (χ2v) is 12.5. The molecule has 0 aromatic carbocycles. The van der Waals surface area contributed by atoms with Crippen molar-refractivity contribution in [1.82, 2.24) is 29.7 Å². The molecule has 1 aliphatic rings. The Morgan fingerprint density at radius 1 is 1.15 bits per heavy atom. The molecule has 1 saturated heterocycles. The van der Waals surface area contributed by atoms with Crippen LogP contribution in [0.15, 0.2) is 6.33 Å². The predicted octanol–water partition coefficient (Wildman–Crippen LogP) is 1.68. The monoisotopic (exact) mass is 603 g/mol. The van der Waals surface area contributed by atoms with E-state index < -0.39 is 56.2 Å². The second-order valence-electron chi connectivity index (χ2n) is 10.7. The zero-order chi connectivity index (χ0) is 30.5. The van der Waals surface area contributed by atoms with Gasteiger partial charge in [-0.2, -0.15) is 14.4 Å². The van der Waals surface area contributed by atoms with Crippen molar-refractivity contribution in [2.45, 2.75) is 77.5 Å². The molecule has 0 bridgehead atoms. The first-order valence-corrected chi connectivity index (χ1v) is 14.8. The van der Waals surface area contributed by atoms with Crippen molar-refractivity contribution in [2.75, 3.05) is 26.6 Å². The summed E-state index contributed by atoms with van der Waals surface area (Å²) >= 11 is 0. The molecule has 5 N–H and O–H groups in total. The SMILES string of the molecule is COC(=O)[C@H](CC(C)C)NP(=O)(N[C@@H](CC(C)C)C(=O)OC)OC[C@@H]1C[C@H](O)[C@H](n2cnc3c(N)nc(F)nc32)O1. The van der Waals surface area contributed by atoms with Gasteiger partial charge in [0.15, 0.2) is 23.2 Å². The molecule has 0 unspecified atom stereocenters. The van der Waals surface area contributed by atoms with Crippen LogP contribution < -0.4 is 15.9 Å². The summed E-state index contributed by atoms with van der Waals surface area (Å²) < 4.78 is 50.8. The summed E-state index contributed by atoms with van der Waals surface area (Å²) in [7, 11) is -1.73. The lowest BCUT2D eigenvalue weighted by atomic mass is 10.1. The maximum Gasteiger partial charge on any atom is 0.342 e. The van der Waals surface area contributed by atoms with Crippen LogP contribution >= 0.6 is 7.67 Å². The van der Waals surface area contributed by atoms with Crippen LogP contribution in [-0.2, 0) is 32.9 Å². The van der Waals surface area contributed by atoms with Crippen molar-refractivity contribution in [1.29, 1.82) is 0 Å². The molecular formula is C24H39FN7O8P. The Balaban J connectivity index is 1.83. The molecular weight excluding hydrogens is 564 g/mol. The highest BCUT2D eigenvalue weighted by Gasteiger charge is 2.41. The topological polar surface area (TPSA) is 202 Å². The minimum atomic E-state index is -4.15. The Labute approximate surface area is 237 Å². The van der Waals surface area contributed by atoms with Crippen molar-refractivity contribution in [3.8, 4) is 0 Å². The van der Waals surface area contributed by atoms with Crippen molar-refractivity contribution < 1.29 is 42.4 Å². The average Bonchev–Trinajstić information content (AvgIpc) is 3.48. The number of anilines is 1. The molecule has 3 heterocycles. The molecule has 0 aliphatic carbocycles. The van der Waals surface area contributed by atoms with Crippen LogP contribution in [0.25, 0.3) is 11.2 Å². The Bertz CT molecular complexity index is 1230. The normalized spacial score (nSPS) is 21.0. The van der Waals surface area contributed by atoms with Crippen LogP contribution in [0, 0.1) is 17.9 Å². The quantitative estimate of drug-likeness (QED) is 0.138. The highest BCUT2D eigenvalue weighted by molar-refractivity contribution is 7.54. The molecule has 5 atom stereocenters. The smallest absolute Gasteiger partial charge is 0.342 e. The number of hydrogen-bond donors (Lipinski definition) is 4. The minimum Gasteiger partial charge on any atom is -0.468 e. The van der Waals surface area contributed by atoms with Crippen molar-refractivity contribution in [2.24, 2.45) is 11.8 Å². The van der Waals surface area contributed by atoms with Gasteiger partial charge in [-0.25, -0.2) is 15.2 Å². The van der Waals surface area contributed by atoms with E-state index in [1.807, 2.05) is 27.7 Å². The fourth-order valence-electron chi connectivity index (χ4n) is 4.53. The number of imidazole rings is 1. The molecule has 41 heavy (non-hydrogen) atoms. The zero-order valence-electron chi connectivity index (χ0n) is 23.9. The van der Waals surface area contributed by atoms with Gasteiger partial charge in [0.05, 0.1) is 33.3 Å². The number of ether oxygens (including phenoxy) is 3. The van der Waals surface area contributed by atoms with Crippen LogP contribution in [-0.4, -0.2) is 81.7 Å². The van der Waals surface area contributed by atoms with Gasteiger partial charge in [-0.15, -0.1) is 0 Å². The summed E-state index contributed by atoms with van der Waals surface area (Å²) in [6, 6.07) is -2.04. The number of halogens is 1. The van der Waals surface area contributed by atoms with Gasteiger partial charge in [0, 0.05) is 6.42 Å². The molecule has 230 valence electrons. The third-order valence-corrected chi connectivity index (χ3v) is 8.16. The molecule has 0 saturated carbocycles. The number of fused-ring (bicyclic) bond motifs is 1. The number of nitrogen functional groups attached to an aromatic ring is 1. The number of carbonyl (C=O) groups excluding carboxylic acids is 2. The summed E-state index contributed by atoms with van der Waals surface area (Å²) in [6.07, 6.45) is -2.10. The molecule has 0 radical (unpaired) electrons. The number of aromatic nitrogens is 4. The first kappa shape index (κ1) is 32.8. The third-order valence-electron chi connectivity index (χ3n) is 6.34. The van der Waals surface area contributed by atoms with Crippen molar-refractivity contribution >= 4 is 36.6 Å². The number of hydrogen-bond acceptors (Lipinski definition) is 12. The van der Waals surface area contributed by atoms with Crippen LogP contribution in [0.3, 0.4) is 0 Å². The van der Waals surface area contributed by atoms with Gasteiger partial charge in [0.2, 0.25) is 0 Å². The lowest BCUT2D eigenvalue weighted by molar-refractivity contribution is -0.143. The van der Waals surface area contributed by atoms with Gasteiger partial charge in [-0.3, -0.25) is 18.7 Å². The first-order chi connectivity index (χ1) is 19.3. The van der Waals surface area contributed by atoms with Crippen molar-refractivity contribution in [3.05, 3.63) is 12.4 Å². The first-order valence-electron chi connectivity index (χ1n) is 13.2. The summed E-state index contributed by atoms with van der Waals surface area (Å²) in [4.78, 5) is 36.3. The number of carbonyl (C=O) groups is 2. The summed E-state index contributed by atoms with van der Waals surface area (Å²) in [5.41, 5.74) is 5.89. The van der Waals surface area contributed by atoms with E-state index in [0.29, 0.717) is 0 Å². The Hall–Kier alpha value is -2.75. The van der Waals surface area contributed by atoms with Gasteiger partial charge < -0.3 is 29.6 Å². The number of aliphatic hydroxyl groups is 1. The van der Waals surface area contributed by atoms with E-state index >= 15 is 0 Å². The molecule has 1 aliphatic heterocycles. The Morgan fingerprint density at radius 2 is 1.71 bits per heavy atom. The van der Waals surface area contributed by atoms with Gasteiger partial charge in [0.25, 0.3) is 0 Å². The van der Waals surface area contributed by atoms with Crippen molar-refractivity contribution in [3.63, 3.8) is 0 Å². The van der Waals surface area contributed by atoms with Crippen LogP contribution in [0.1, 0.15) is 53.2 Å². The van der Waals surface area contributed by atoms with Crippen LogP contribution in [0.5, 0.6) is 0 Å². The highest BCUT2D eigenvalue weighted by Crippen LogP contribution is 2.42. The van der Waals surface area contributed by atoms with E-state index in [1.54, 1.807) is 0 Å². The lowest BCUT2D eigenvalue weighted by Gasteiger charge is -2.29. The molecule has 3 rings (SSSR count). The van der Waals surface area contributed by atoms with E-state index in [9.17, 15) is 23.7 Å². The fraction of sp³-hybridized carbons (Fsp3) is 0.708. The zero-order valence-corrected chi connectivity index (χ0v) is 24.8. The number of rotatable bonds is 14. The molecule has 1 fully saturated rings. The average molecular weight is 604 g/mol. The van der Waals surface area contributed by atoms with E-state index in [0.717, 1.165) is 0 Å². The van der Waals surface area contributed by atoms with Gasteiger partial charge in [0.1, 0.15) is 18.2 Å². The molecule has 15 nitrogen and oxygen atoms in total. The highest BCUT2D eigenvalue weighted by atomic mass is 31.2. The van der Waals surface area contributed by atoms with E-state index in [2.05, 4.69) is 25.1 Å². The van der Waals surface area contributed by atoms with E-state index in [1.165, 1.54) is 25.1 Å². The van der Waals surface area contributed by atoms with Gasteiger partial charge in [-0.05, 0) is 24.7 Å². The molecule has 2 aromatic heterocycles. The second kappa shape index (κ2) is 13.9. The number of nitrogens with two attached hydrogens (primary N) is 1. The molecule has 0 spiro atoms. The fourth-order valence-corrected chi connectivity index (χ4v) is 6.37. The summed E-state index contributed by atoms with van der Waals surface area (Å²) in [5, 5.41) is 16.2. The maximum absolute atomic E-state index is 14.2. The van der Waals surface area contributed by atoms with Crippen LogP contribution in [0.4, 0.5) is 10.2 Å². The van der Waals surface area contributed by atoms with E-state index in [-0.39, 0.29) is 54.7 Å². The molecule has 17 heteroatoms. The number of methoxy groups -OCH3 is 2. The molecule has 0 amide bonds. The lowest BCUT2D eigenvalue weighted by Crippen LogP contribution is -2.45. The third kappa shape index (κ3) is 8.40. The largest absolute Gasteiger partial charge is 0.468 e. The summed E-state index contributed by atoms with van der Waals surface area (Å²) in [6.45, 7) is 7.21. The standard InChI is InChI=1S/C24H39FN7O8P/c1-12(2)7-15(22(34)37-5)30-41(36,31-16(8-13(3)4)23(35)38-6)39-10-14-9-17(33)21(40-14)32-11-27-18-19(26)28-24(25)29-20(18)32/h11-17,21,33H,7-10H2,1-6H3,(H2,26,28,29)(H2,30,31,36)/t14-,15-,16-,17-,21+/m0/s1. The number of aliphatic hydroxyl groups excluding tert-OH is 1. The predicted molar refractivity (Wildman–Crippen MR) is 145 cm³/mol. The van der Waals surface area contributed by atoms with Gasteiger partial charge in [-0.1, -0.05) is 27.7 Å². The van der Waals surface area contributed by atoms with Crippen LogP contribution in [0.2, 0.25) is 0 Å². The van der Waals surface area contributed by atoms with Gasteiger partial charge >= 0.3 is 25.7 Å². The summed E-state index contributed by atoms with van der Waals surface area (Å²) in [5.74, 6) is -1.44. The maximum atomic E-state index is 14.2.